The molecule has 2 aromatic carbocycles. The summed E-state index contributed by atoms with van der Waals surface area (Å²) in [6, 6.07) is 11.4. The van der Waals surface area contributed by atoms with Crippen LogP contribution in [0.3, 0.4) is 0 Å². The van der Waals surface area contributed by atoms with Gasteiger partial charge in [0.15, 0.2) is 0 Å². The van der Waals surface area contributed by atoms with Crippen LogP contribution in [0.25, 0.3) is 21.8 Å². The number of hydrogen-bond acceptors (Lipinski definition) is 4. The third kappa shape index (κ3) is 12.5. The van der Waals surface area contributed by atoms with Crippen molar-refractivity contribution in [2.75, 3.05) is 28.2 Å². The molecule has 198 valence electrons. The van der Waals surface area contributed by atoms with Gasteiger partial charge in [-0.3, -0.25) is 9.98 Å². The minimum atomic E-state index is -0.567. The van der Waals surface area contributed by atoms with Crippen molar-refractivity contribution < 1.29 is 45.0 Å². The topological polar surface area (TPSA) is 99.0 Å². The Hall–Kier alpha value is -1.67. The van der Waals surface area contributed by atoms with Crippen LogP contribution in [0, 0.1) is 24.7 Å². The molecule has 0 N–H and O–H groups in total. The van der Waals surface area contributed by atoms with Crippen molar-refractivity contribution in [2.45, 2.75) is 55.4 Å². The number of aryl methyl sites for hydroxylation is 2. The van der Waals surface area contributed by atoms with Gasteiger partial charge in [-0.2, -0.15) is 28.2 Å². The first kappa shape index (κ1) is 38.9. The molecule has 0 aliphatic rings. The first-order valence-corrected chi connectivity index (χ1v) is 11.3. The summed E-state index contributed by atoms with van der Waals surface area (Å²) in [5.41, 5.74) is 3.73. The predicted octanol–water partition coefficient (Wildman–Crippen LogP) is 3.08. The molecule has 0 amide bonds. The van der Waals surface area contributed by atoms with E-state index in [-0.39, 0.29) is 46.6 Å². The second-order valence-electron chi connectivity index (χ2n) is 10.2. The van der Waals surface area contributed by atoms with Gasteiger partial charge in [-0.15, -0.1) is 0 Å². The SMILES string of the molecule is C[N-]C.C[N-]C.Cc1cccc(N=C([O-])C(C)(C)C)c1-c1c(C)cccc1N=C([O-])C(C)(C)C.[Cl-].[Ta+5]. The van der Waals surface area contributed by atoms with Crippen LogP contribution < -0.4 is 22.6 Å². The molecule has 0 aliphatic carbocycles. The number of nitrogens with zero attached hydrogens (tertiary/aromatic N) is 4. The molecule has 0 saturated heterocycles. The number of benzene rings is 2. The average Bonchev–Trinajstić information content (AvgIpc) is 2.69. The van der Waals surface area contributed by atoms with E-state index < -0.39 is 10.8 Å². The second-order valence-corrected chi connectivity index (χ2v) is 10.2. The number of halogens is 1. The normalized spacial score (nSPS) is 11.7. The molecular formula is C28H42ClN4O2Ta. The first-order valence-electron chi connectivity index (χ1n) is 11.3. The van der Waals surface area contributed by atoms with E-state index in [0.29, 0.717) is 11.4 Å². The Morgan fingerprint density at radius 2 is 0.889 bits per heavy atom. The van der Waals surface area contributed by atoms with Crippen LogP contribution in [0.15, 0.2) is 46.4 Å². The molecule has 0 saturated carbocycles. The van der Waals surface area contributed by atoms with Gasteiger partial charge in [-0.1, -0.05) is 65.8 Å². The molecule has 6 nitrogen and oxygen atoms in total. The van der Waals surface area contributed by atoms with Gasteiger partial charge in [0, 0.05) is 11.1 Å². The van der Waals surface area contributed by atoms with Gasteiger partial charge in [0.1, 0.15) is 0 Å². The van der Waals surface area contributed by atoms with Gasteiger partial charge in [0.25, 0.3) is 0 Å². The third-order valence-corrected chi connectivity index (χ3v) is 4.48. The second kappa shape index (κ2) is 17.7. The third-order valence-electron chi connectivity index (χ3n) is 4.48. The van der Waals surface area contributed by atoms with E-state index in [1.165, 1.54) is 0 Å². The number of hydrogen-bond donors (Lipinski definition) is 0. The Morgan fingerprint density at radius 3 is 1.11 bits per heavy atom. The Kier molecular flexibility index (Phi) is 19.1. The quantitative estimate of drug-likeness (QED) is 0.368. The van der Waals surface area contributed by atoms with E-state index in [0.717, 1.165) is 22.3 Å². The maximum absolute atomic E-state index is 12.6. The molecule has 2 aromatic rings. The van der Waals surface area contributed by atoms with Gasteiger partial charge in [0.05, 0.1) is 11.4 Å². The summed E-state index contributed by atoms with van der Waals surface area (Å²) in [4.78, 5) is 8.82. The largest absolute Gasteiger partial charge is 5.00 e. The Labute approximate surface area is 241 Å². The molecule has 36 heavy (non-hydrogen) atoms. The van der Waals surface area contributed by atoms with Gasteiger partial charge in [0.2, 0.25) is 0 Å². The summed E-state index contributed by atoms with van der Waals surface area (Å²) in [7, 11) is 7.00. The van der Waals surface area contributed by atoms with E-state index in [2.05, 4.69) is 20.6 Å². The summed E-state index contributed by atoms with van der Waals surface area (Å²) in [6.45, 7) is 15.1. The van der Waals surface area contributed by atoms with Crippen molar-refractivity contribution in [3.8, 4) is 11.1 Å². The van der Waals surface area contributed by atoms with Crippen molar-refractivity contribution in [3.05, 3.63) is 58.2 Å². The monoisotopic (exact) mass is 682 g/mol. The fourth-order valence-electron chi connectivity index (χ4n) is 2.70. The van der Waals surface area contributed by atoms with Gasteiger partial charge in [-0.05, 0) is 59.7 Å². The zero-order valence-electron chi connectivity index (χ0n) is 23.9. The van der Waals surface area contributed by atoms with Crippen molar-refractivity contribution in [3.63, 3.8) is 0 Å². The van der Waals surface area contributed by atoms with Crippen LogP contribution in [-0.2, 0) is 22.4 Å². The van der Waals surface area contributed by atoms with Crippen LogP contribution in [-0.4, -0.2) is 40.0 Å². The molecular weight excluding hydrogens is 641 g/mol. The van der Waals surface area contributed by atoms with Crippen LogP contribution >= 0.6 is 0 Å². The molecule has 8 heteroatoms. The number of rotatable bonds is 3. The maximum atomic E-state index is 12.6. The summed E-state index contributed by atoms with van der Waals surface area (Å²) < 4.78 is 0. The molecule has 2 rings (SSSR count). The van der Waals surface area contributed by atoms with Crippen LogP contribution in [0.1, 0.15) is 52.7 Å². The van der Waals surface area contributed by atoms with E-state index >= 15 is 0 Å². The van der Waals surface area contributed by atoms with E-state index in [1.807, 2.05) is 91.8 Å². The van der Waals surface area contributed by atoms with Crippen molar-refractivity contribution in [1.82, 2.24) is 0 Å². The van der Waals surface area contributed by atoms with Crippen LogP contribution in [0.5, 0.6) is 0 Å². The summed E-state index contributed by atoms with van der Waals surface area (Å²) >= 11 is 0. The molecule has 0 atom stereocenters. The minimum Gasteiger partial charge on any atom is -1.00 e. The van der Waals surface area contributed by atoms with E-state index in [4.69, 9.17) is 0 Å². The molecule has 0 heterocycles. The first-order chi connectivity index (χ1) is 15.6. The van der Waals surface area contributed by atoms with Crippen molar-refractivity contribution in [1.29, 1.82) is 0 Å². The van der Waals surface area contributed by atoms with Crippen LogP contribution in [0.4, 0.5) is 11.4 Å². The van der Waals surface area contributed by atoms with Crippen molar-refractivity contribution >= 4 is 23.2 Å². The Morgan fingerprint density at radius 1 is 0.639 bits per heavy atom. The molecule has 0 spiro atoms. The minimum absolute atomic E-state index is 0. The molecule has 0 radical (unpaired) electrons. The van der Waals surface area contributed by atoms with Gasteiger partial charge >= 0.3 is 22.4 Å². The van der Waals surface area contributed by atoms with E-state index in [1.54, 1.807) is 28.2 Å². The molecule has 0 unspecified atom stereocenters. The zero-order valence-corrected chi connectivity index (χ0v) is 27.9. The van der Waals surface area contributed by atoms with Crippen molar-refractivity contribution in [2.24, 2.45) is 20.8 Å². The molecule has 0 aromatic heterocycles. The van der Waals surface area contributed by atoms with Crippen LogP contribution in [0.2, 0.25) is 0 Å². The Bertz CT molecular complexity index is 899. The maximum Gasteiger partial charge on any atom is 5.00 e. The Balaban J connectivity index is -0.00000124. The average molecular weight is 683 g/mol. The number of aliphatic imine (C=N–C) groups is 2. The van der Waals surface area contributed by atoms with E-state index in [9.17, 15) is 10.2 Å². The predicted molar refractivity (Wildman–Crippen MR) is 145 cm³/mol. The summed E-state index contributed by atoms with van der Waals surface area (Å²) in [5.74, 6) is -0.366. The summed E-state index contributed by atoms with van der Waals surface area (Å²) in [5, 5.41) is 32.1. The standard InChI is InChI=1S/C24H32N2O2.2C2H6N.ClH.Ta/c1-15-11-9-13-17(25-21(27)23(3,4)5)19(15)20-16(2)12-10-14-18(20)26-22(28)24(6,7)8;2*1-3-2;;/h9-14H,1-8H3,(H,25,27)(H,26,28);2*1-2H3;1H;/q;2*-1;;+5/p-3. The fourth-order valence-corrected chi connectivity index (χ4v) is 2.70. The van der Waals surface area contributed by atoms with Gasteiger partial charge < -0.3 is 33.3 Å². The fraction of sp³-hybridized carbons (Fsp3) is 0.500. The molecule has 0 aliphatic heterocycles. The zero-order chi connectivity index (χ0) is 26.7. The molecule has 0 fully saturated rings. The molecule has 0 bridgehead atoms. The van der Waals surface area contributed by atoms with Gasteiger partial charge in [-0.25, -0.2) is 0 Å². The smallest absolute Gasteiger partial charge is 1.00 e. The summed E-state index contributed by atoms with van der Waals surface area (Å²) in [6.07, 6.45) is 0.